The number of hydrogen-bond donors (Lipinski definition) is 1. The van der Waals surface area contributed by atoms with Gasteiger partial charge in [0.05, 0.1) is 23.2 Å². The maximum absolute atomic E-state index is 13.6. The second-order valence-corrected chi connectivity index (χ2v) is 6.31. The monoisotopic (exact) mass is 437 g/mol. The highest BCUT2D eigenvalue weighted by Crippen LogP contribution is 2.23. The number of alkyl halides is 2. The zero-order valence-corrected chi connectivity index (χ0v) is 16.1. The number of aliphatic hydroxyl groups is 1. The molecule has 3 aromatic rings. The van der Waals surface area contributed by atoms with E-state index in [1.54, 1.807) is 0 Å². The van der Waals surface area contributed by atoms with Crippen molar-refractivity contribution in [2.24, 2.45) is 0 Å². The first-order valence-corrected chi connectivity index (χ1v) is 8.63. The number of benzene rings is 1. The van der Waals surface area contributed by atoms with Crippen molar-refractivity contribution < 1.29 is 32.5 Å². The van der Waals surface area contributed by atoms with Crippen LogP contribution < -0.4 is 9.47 Å². The zero-order valence-electron chi connectivity index (χ0n) is 16.1. The van der Waals surface area contributed by atoms with Gasteiger partial charge in [0, 0.05) is 17.7 Å². The minimum Gasteiger partial charge on any atom is -0.457 e. The Kier molecular flexibility index (Phi) is 6.84. The predicted octanol–water partition coefficient (Wildman–Crippen LogP) is -0.219. The van der Waals surface area contributed by atoms with Gasteiger partial charge >= 0.3 is 12.6 Å². The fourth-order valence-electron chi connectivity index (χ4n) is 2.40. The molecule has 0 aliphatic carbocycles. The standard InChI is InChI=1S/C16H10B4F3N5O4/c17-15(18,32-16(19,20)29)12-3-4-24-14(25-12)30-7-8-6-28(27-26-8)9-1-2-10(21)11(5-9)31-13(22)23/h1-6,13,29H,7H2. The molecule has 0 aliphatic rings. The molecule has 0 fully saturated rings. The van der Waals surface area contributed by atoms with Crippen LogP contribution in [0.4, 0.5) is 13.2 Å². The quantitative estimate of drug-likeness (QED) is 0.363. The van der Waals surface area contributed by atoms with Crippen LogP contribution in [0, 0.1) is 5.82 Å². The molecule has 2 aromatic heterocycles. The molecule has 0 saturated heterocycles. The highest BCUT2D eigenvalue weighted by molar-refractivity contribution is 6.41. The summed E-state index contributed by atoms with van der Waals surface area (Å²) >= 11 is 0. The summed E-state index contributed by atoms with van der Waals surface area (Å²) in [6.45, 7) is -3.36. The van der Waals surface area contributed by atoms with Crippen molar-refractivity contribution >= 4 is 31.4 Å². The Morgan fingerprint density at radius 2 is 1.91 bits per heavy atom. The number of aromatic nitrogens is 5. The summed E-state index contributed by atoms with van der Waals surface area (Å²) in [5.74, 6) is -1.61. The molecular formula is C16H10B4F3N5O4. The van der Waals surface area contributed by atoms with Crippen LogP contribution in [0.25, 0.3) is 5.69 Å². The Morgan fingerprint density at radius 3 is 2.59 bits per heavy atom. The van der Waals surface area contributed by atoms with Crippen LogP contribution in [0.3, 0.4) is 0 Å². The van der Waals surface area contributed by atoms with Crippen LogP contribution >= 0.6 is 0 Å². The van der Waals surface area contributed by atoms with Crippen LogP contribution in [-0.4, -0.2) is 73.7 Å². The van der Waals surface area contributed by atoms with Gasteiger partial charge in [0.25, 0.3) is 0 Å². The Labute approximate surface area is 184 Å². The topological polar surface area (TPSA) is 104 Å². The van der Waals surface area contributed by atoms with Gasteiger partial charge in [0.2, 0.25) is 0 Å². The molecule has 0 amide bonds. The molecule has 2 heterocycles. The van der Waals surface area contributed by atoms with Gasteiger partial charge in [-0.3, -0.25) is 0 Å². The van der Waals surface area contributed by atoms with E-state index in [-0.39, 0.29) is 29.7 Å². The van der Waals surface area contributed by atoms with Crippen molar-refractivity contribution in [2.75, 3.05) is 0 Å². The van der Waals surface area contributed by atoms with E-state index in [2.05, 4.69) is 25.0 Å². The molecule has 0 saturated carbocycles. The van der Waals surface area contributed by atoms with Crippen molar-refractivity contribution in [3.8, 4) is 17.4 Å². The number of rotatable bonds is 9. The van der Waals surface area contributed by atoms with E-state index in [1.165, 1.54) is 29.2 Å². The molecule has 16 heteroatoms. The minimum atomic E-state index is -3.19. The second-order valence-electron chi connectivity index (χ2n) is 6.31. The van der Waals surface area contributed by atoms with E-state index in [4.69, 9.17) is 40.9 Å². The third-order valence-electron chi connectivity index (χ3n) is 3.65. The highest BCUT2D eigenvalue weighted by atomic mass is 19.3. The average Bonchev–Trinajstić information content (AvgIpc) is 3.15. The average molecular weight is 437 g/mol. The van der Waals surface area contributed by atoms with Gasteiger partial charge in [-0.05, 0) is 18.2 Å². The van der Waals surface area contributed by atoms with Gasteiger partial charge < -0.3 is 19.3 Å². The molecule has 0 aliphatic heterocycles. The van der Waals surface area contributed by atoms with E-state index in [0.29, 0.717) is 0 Å². The molecule has 9 nitrogen and oxygen atoms in total. The molecule has 156 valence electrons. The molecule has 0 bridgehead atoms. The van der Waals surface area contributed by atoms with Crippen LogP contribution in [-0.2, 0) is 16.7 Å². The van der Waals surface area contributed by atoms with Gasteiger partial charge in [-0.15, -0.1) is 5.10 Å². The van der Waals surface area contributed by atoms with Gasteiger partial charge in [0.1, 0.15) is 43.7 Å². The van der Waals surface area contributed by atoms with Crippen molar-refractivity contribution in [3.63, 3.8) is 0 Å². The molecule has 32 heavy (non-hydrogen) atoms. The summed E-state index contributed by atoms with van der Waals surface area (Å²) in [6, 6.07) is 4.36. The lowest BCUT2D eigenvalue weighted by atomic mass is 9.61. The van der Waals surface area contributed by atoms with E-state index >= 15 is 0 Å². The lowest BCUT2D eigenvalue weighted by molar-refractivity contribution is -0.109. The summed E-state index contributed by atoms with van der Waals surface area (Å²) < 4.78 is 53.8. The molecular weight excluding hydrogens is 426 g/mol. The molecule has 8 radical (unpaired) electrons. The smallest absolute Gasteiger partial charge is 0.387 e. The summed E-state index contributed by atoms with van der Waals surface area (Å²) in [4.78, 5) is 7.81. The third-order valence-corrected chi connectivity index (χ3v) is 3.65. The first-order chi connectivity index (χ1) is 14.9. The van der Waals surface area contributed by atoms with Gasteiger partial charge in [-0.2, -0.15) is 13.8 Å². The molecule has 0 spiro atoms. The van der Waals surface area contributed by atoms with E-state index in [1.807, 2.05) is 0 Å². The number of nitrogens with zero attached hydrogens (tertiary/aromatic N) is 5. The Morgan fingerprint density at radius 1 is 1.16 bits per heavy atom. The molecule has 1 aromatic carbocycles. The number of hydrogen-bond acceptors (Lipinski definition) is 8. The molecule has 0 atom stereocenters. The third kappa shape index (κ3) is 6.26. The van der Waals surface area contributed by atoms with Crippen molar-refractivity contribution in [2.45, 2.75) is 24.2 Å². The summed E-state index contributed by atoms with van der Waals surface area (Å²) in [6.07, 6.45) is 2.65. The molecule has 1 N–H and O–H groups in total. The van der Waals surface area contributed by atoms with E-state index in [0.717, 1.165) is 12.1 Å². The lowest BCUT2D eigenvalue weighted by Gasteiger charge is -2.34. The Bertz CT molecular complexity index is 1080. The minimum absolute atomic E-state index is 0.113. The van der Waals surface area contributed by atoms with E-state index in [9.17, 15) is 18.3 Å². The largest absolute Gasteiger partial charge is 0.457 e. The van der Waals surface area contributed by atoms with E-state index < -0.39 is 29.2 Å². The molecule has 3 rings (SSSR count). The highest BCUT2D eigenvalue weighted by Gasteiger charge is 2.29. The van der Waals surface area contributed by atoms with Crippen LogP contribution in [0.2, 0.25) is 0 Å². The first-order valence-electron chi connectivity index (χ1n) is 8.63. The fraction of sp³-hybridized carbons (Fsp3) is 0.250. The van der Waals surface area contributed by atoms with Crippen molar-refractivity contribution in [1.82, 2.24) is 25.0 Å². The maximum atomic E-state index is 13.6. The van der Waals surface area contributed by atoms with Gasteiger partial charge in [0.15, 0.2) is 11.6 Å². The van der Waals surface area contributed by atoms with Crippen LogP contribution in [0.5, 0.6) is 11.8 Å². The number of halogens is 3. The summed E-state index contributed by atoms with van der Waals surface area (Å²) in [5.41, 5.74) is -2.24. The van der Waals surface area contributed by atoms with Crippen LogP contribution in [0.15, 0.2) is 36.7 Å². The Hall–Kier alpha value is -2.99. The number of ether oxygens (including phenoxy) is 3. The molecule has 0 unspecified atom stereocenters. The Balaban J connectivity index is 1.70. The summed E-state index contributed by atoms with van der Waals surface area (Å²) in [7, 11) is 21.6. The lowest BCUT2D eigenvalue weighted by Crippen LogP contribution is -2.45. The fourth-order valence-corrected chi connectivity index (χ4v) is 2.40. The van der Waals surface area contributed by atoms with Gasteiger partial charge in [-0.25, -0.2) is 14.1 Å². The SMILES string of the molecule is [B]C([B])(O)OC([B])([B])c1ccnc(OCc2cn(-c3ccc(F)c(OC(F)F)c3)nn2)n1. The van der Waals surface area contributed by atoms with Crippen LogP contribution in [0.1, 0.15) is 11.4 Å². The van der Waals surface area contributed by atoms with Gasteiger partial charge in [-0.1, -0.05) is 5.21 Å². The van der Waals surface area contributed by atoms with Crippen molar-refractivity contribution in [1.29, 1.82) is 0 Å². The second kappa shape index (κ2) is 9.25. The first kappa shape index (κ1) is 23.7. The van der Waals surface area contributed by atoms with Crippen molar-refractivity contribution in [3.05, 3.63) is 53.9 Å². The maximum Gasteiger partial charge on any atom is 0.387 e. The normalized spacial score (nSPS) is 12.2. The summed E-state index contributed by atoms with van der Waals surface area (Å²) in [5, 5.41) is 14.8. The zero-order chi connectivity index (χ0) is 23.5. The predicted molar refractivity (Wildman–Crippen MR) is 105 cm³/mol.